The number of rotatable bonds is 2. The van der Waals surface area contributed by atoms with Gasteiger partial charge in [-0.15, -0.1) is 0 Å². The largest absolute Gasteiger partial charge is 0.327 e. The fourth-order valence-corrected chi connectivity index (χ4v) is 4.04. The monoisotopic (exact) mass is 306 g/mol. The van der Waals surface area contributed by atoms with Crippen molar-refractivity contribution in [2.75, 3.05) is 13.1 Å². The number of piperidine rings is 1. The first-order chi connectivity index (χ1) is 8.84. The third kappa shape index (κ3) is 2.76. The molecule has 2 unspecified atom stereocenters. The third-order valence-electron chi connectivity index (χ3n) is 3.47. The summed E-state index contributed by atoms with van der Waals surface area (Å²) < 4.78 is 39.9. The van der Waals surface area contributed by atoms with E-state index in [0.29, 0.717) is 19.5 Å². The van der Waals surface area contributed by atoms with Gasteiger partial charge in [-0.2, -0.15) is 4.31 Å². The highest BCUT2D eigenvalue weighted by atomic mass is 35.5. The number of nitrogens with two attached hydrogens (primary N) is 1. The van der Waals surface area contributed by atoms with Crippen molar-refractivity contribution in [2.45, 2.75) is 24.3 Å². The van der Waals surface area contributed by atoms with Gasteiger partial charge in [-0.25, -0.2) is 12.8 Å². The van der Waals surface area contributed by atoms with E-state index < -0.39 is 15.8 Å². The van der Waals surface area contributed by atoms with E-state index in [1.54, 1.807) is 0 Å². The van der Waals surface area contributed by atoms with Gasteiger partial charge in [0.05, 0.1) is 5.02 Å². The number of sulfonamides is 1. The van der Waals surface area contributed by atoms with Gasteiger partial charge in [-0.3, -0.25) is 0 Å². The molecular formula is C12H16ClFN2O2S. The maximum atomic E-state index is 13.9. The van der Waals surface area contributed by atoms with Crippen LogP contribution in [0.1, 0.15) is 13.3 Å². The summed E-state index contributed by atoms with van der Waals surface area (Å²) in [6.45, 7) is 2.50. The van der Waals surface area contributed by atoms with Gasteiger partial charge < -0.3 is 5.73 Å². The van der Waals surface area contributed by atoms with E-state index >= 15 is 0 Å². The van der Waals surface area contributed by atoms with Crippen molar-refractivity contribution in [2.24, 2.45) is 11.7 Å². The predicted octanol–water partition coefficient (Wildman–Crippen LogP) is 1.84. The average molecular weight is 307 g/mol. The molecule has 1 fully saturated rings. The first-order valence-corrected chi connectivity index (χ1v) is 7.85. The Kier molecular flexibility index (Phi) is 4.15. The number of nitrogens with zero attached hydrogens (tertiary/aromatic N) is 1. The van der Waals surface area contributed by atoms with E-state index in [1.807, 2.05) is 6.92 Å². The van der Waals surface area contributed by atoms with Gasteiger partial charge in [0.15, 0.2) is 5.82 Å². The van der Waals surface area contributed by atoms with Gasteiger partial charge in [0.2, 0.25) is 10.0 Å². The van der Waals surface area contributed by atoms with Crippen LogP contribution in [0.3, 0.4) is 0 Å². The molecule has 2 atom stereocenters. The van der Waals surface area contributed by atoms with Crippen molar-refractivity contribution >= 4 is 21.6 Å². The van der Waals surface area contributed by atoms with Crippen LogP contribution >= 0.6 is 11.6 Å². The Hall–Kier alpha value is -0.690. The molecule has 2 rings (SSSR count). The first kappa shape index (κ1) is 14.7. The highest BCUT2D eigenvalue weighted by Gasteiger charge is 2.33. The quantitative estimate of drug-likeness (QED) is 0.907. The maximum absolute atomic E-state index is 13.9. The summed E-state index contributed by atoms with van der Waals surface area (Å²) >= 11 is 5.63. The molecule has 1 aromatic rings. The molecule has 106 valence electrons. The molecule has 0 aromatic heterocycles. The van der Waals surface area contributed by atoms with Crippen LogP contribution in [0.15, 0.2) is 23.1 Å². The second-order valence-electron chi connectivity index (χ2n) is 4.84. The second kappa shape index (κ2) is 5.36. The SMILES string of the molecule is CC1CN(S(=O)(=O)c2cccc(Cl)c2F)CCC1N. The molecule has 0 radical (unpaired) electrons. The van der Waals surface area contributed by atoms with E-state index in [2.05, 4.69) is 0 Å². The Labute approximate surface area is 117 Å². The zero-order valence-electron chi connectivity index (χ0n) is 10.5. The van der Waals surface area contributed by atoms with Gasteiger partial charge in [0, 0.05) is 19.1 Å². The molecule has 1 aliphatic heterocycles. The Balaban J connectivity index is 2.35. The summed E-state index contributed by atoms with van der Waals surface area (Å²) in [5.74, 6) is -0.850. The Morgan fingerprint density at radius 1 is 1.47 bits per heavy atom. The van der Waals surface area contributed by atoms with Gasteiger partial charge in [-0.1, -0.05) is 24.6 Å². The number of hydrogen-bond donors (Lipinski definition) is 1. The minimum absolute atomic E-state index is 0.0179. The molecule has 0 aliphatic carbocycles. The summed E-state index contributed by atoms with van der Waals surface area (Å²) in [6.07, 6.45) is 0.572. The molecule has 0 saturated carbocycles. The van der Waals surface area contributed by atoms with E-state index in [1.165, 1.54) is 22.5 Å². The Bertz CT molecular complexity index is 579. The topological polar surface area (TPSA) is 63.4 Å². The predicted molar refractivity (Wildman–Crippen MR) is 71.9 cm³/mol. The average Bonchev–Trinajstić information content (AvgIpc) is 2.35. The first-order valence-electron chi connectivity index (χ1n) is 6.03. The Morgan fingerprint density at radius 2 is 2.16 bits per heavy atom. The normalized spacial score (nSPS) is 25.5. The molecule has 7 heteroatoms. The highest BCUT2D eigenvalue weighted by molar-refractivity contribution is 7.89. The van der Waals surface area contributed by atoms with E-state index in [9.17, 15) is 12.8 Å². The van der Waals surface area contributed by atoms with Gasteiger partial charge in [-0.05, 0) is 24.5 Å². The summed E-state index contributed by atoms with van der Waals surface area (Å²) in [6, 6.07) is 3.97. The van der Waals surface area contributed by atoms with Crippen LogP contribution in [-0.2, 0) is 10.0 Å². The van der Waals surface area contributed by atoms with Gasteiger partial charge in [0.1, 0.15) is 4.90 Å². The lowest BCUT2D eigenvalue weighted by molar-refractivity contribution is 0.249. The van der Waals surface area contributed by atoms with Crippen LogP contribution in [0.5, 0.6) is 0 Å². The summed E-state index contributed by atoms with van der Waals surface area (Å²) in [4.78, 5) is -0.373. The number of hydrogen-bond acceptors (Lipinski definition) is 3. The van der Waals surface area contributed by atoms with Crippen molar-refractivity contribution in [3.8, 4) is 0 Å². The van der Waals surface area contributed by atoms with Crippen molar-refractivity contribution in [1.82, 2.24) is 4.31 Å². The van der Waals surface area contributed by atoms with Crippen molar-refractivity contribution in [1.29, 1.82) is 0 Å². The van der Waals surface area contributed by atoms with Gasteiger partial charge in [0.25, 0.3) is 0 Å². The molecule has 1 heterocycles. The minimum atomic E-state index is -3.85. The summed E-state index contributed by atoms with van der Waals surface area (Å²) in [5, 5.41) is -0.192. The minimum Gasteiger partial charge on any atom is -0.327 e. The van der Waals surface area contributed by atoms with E-state index in [-0.39, 0.29) is 21.9 Å². The van der Waals surface area contributed by atoms with E-state index in [0.717, 1.165) is 0 Å². The molecule has 19 heavy (non-hydrogen) atoms. The van der Waals surface area contributed by atoms with Crippen LogP contribution in [0.25, 0.3) is 0 Å². The molecule has 1 aliphatic rings. The van der Waals surface area contributed by atoms with Crippen LogP contribution in [0.4, 0.5) is 4.39 Å². The maximum Gasteiger partial charge on any atom is 0.246 e. The lowest BCUT2D eigenvalue weighted by Gasteiger charge is -2.34. The van der Waals surface area contributed by atoms with Crippen LogP contribution < -0.4 is 5.73 Å². The van der Waals surface area contributed by atoms with Crippen LogP contribution in [0.2, 0.25) is 5.02 Å². The fraction of sp³-hybridized carbons (Fsp3) is 0.500. The zero-order chi connectivity index (χ0) is 14.2. The lowest BCUT2D eigenvalue weighted by atomic mass is 9.96. The molecule has 1 aromatic carbocycles. The highest BCUT2D eigenvalue weighted by Crippen LogP contribution is 2.27. The second-order valence-corrected chi connectivity index (χ2v) is 7.16. The zero-order valence-corrected chi connectivity index (χ0v) is 12.1. The van der Waals surface area contributed by atoms with Crippen molar-refractivity contribution < 1.29 is 12.8 Å². The fourth-order valence-electron chi connectivity index (χ4n) is 2.17. The smallest absolute Gasteiger partial charge is 0.246 e. The summed E-state index contributed by atoms with van der Waals surface area (Å²) in [5.41, 5.74) is 5.86. The van der Waals surface area contributed by atoms with Crippen molar-refractivity contribution in [3.05, 3.63) is 29.0 Å². The standard InChI is InChI=1S/C12H16ClFN2O2S/c1-8-7-16(6-5-10(8)15)19(17,18)11-4-2-3-9(13)12(11)14/h2-4,8,10H,5-7,15H2,1H3. The van der Waals surface area contributed by atoms with E-state index in [4.69, 9.17) is 17.3 Å². The molecular weight excluding hydrogens is 291 g/mol. The molecule has 0 bridgehead atoms. The van der Waals surface area contributed by atoms with Crippen LogP contribution in [0, 0.1) is 11.7 Å². The summed E-state index contributed by atoms with van der Waals surface area (Å²) in [7, 11) is -3.85. The molecule has 0 amide bonds. The lowest BCUT2D eigenvalue weighted by Crippen LogP contribution is -2.48. The molecule has 1 saturated heterocycles. The van der Waals surface area contributed by atoms with Crippen LogP contribution in [-0.4, -0.2) is 31.9 Å². The molecule has 4 nitrogen and oxygen atoms in total. The van der Waals surface area contributed by atoms with Gasteiger partial charge >= 0.3 is 0 Å². The molecule has 2 N–H and O–H groups in total. The number of halogens is 2. The number of benzene rings is 1. The Morgan fingerprint density at radius 3 is 2.79 bits per heavy atom. The third-order valence-corrected chi connectivity index (χ3v) is 5.64. The van der Waals surface area contributed by atoms with Crippen molar-refractivity contribution in [3.63, 3.8) is 0 Å². The molecule has 0 spiro atoms.